The van der Waals surface area contributed by atoms with Gasteiger partial charge in [0.1, 0.15) is 0 Å². The molecule has 3 heteroatoms. The van der Waals surface area contributed by atoms with Gasteiger partial charge >= 0.3 is 0 Å². The third kappa shape index (κ3) is 1.47. The van der Waals surface area contributed by atoms with E-state index in [0.717, 1.165) is 12.8 Å². The molecule has 0 aliphatic heterocycles. The van der Waals surface area contributed by atoms with E-state index in [1.54, 1.807) is 0 Å². The van der Waals surface area contributed by atoms with Crippen LogP contribution in [0.15, 0.2) is 0 Å². The van der Waals surface area contributed by atoms with E-state index in [0.29, 0.717) is 6.42 Å². The molecule has 1 rings (SSSR count). The van der Waals surface area contributed by atoms with Gasteiger partial charge in [0.05, 0.1) is 24.2 Å². The maximum atomic E-state index is 8.96. The molecule has 3 nitrogen and oxygen atoms in total. The highest BCUT2D eigenvalue weighted by Crippen LogP contribution is 2.48. The summed E-state index contributed by atoms with van der Waals surface area (Å²) in [6.07, 6.45) is 1.48. The molecule has 0 saturated heterocycles. The van der Waals surface area contributed by atoms with E-state index in [9.17, 15) is 0 Å². The zero-order chi connectivity index (χ0) is 7.61. The van der Waals surface area contributed by atoms with Crippen molar-refractivity contribution in [1.82, 2.24) is 0 Å². The van der Waals surface area contributed by atoms with E-state index in [1.165, 1.54) is 0 Å². The Morgan fingerprint density at radius 3 is 2.50 bits per heavy atom. The van der Waals surface area contributed by atoms with Gasteiger partial charge in [0.2, 0.25) is 0 Å². The molecule has 0 heterocycles. The van der Waals surface area contributed by atoms with Crippen molar-refractivity contribution in [3.05, 3.63) is 0 Å². The molecule has 2 N–H and O–H groups in total. The molecule has 1 saturated carbocycles. The number of nitrogens with zero attached hydrogens (tertiary/aromatic N) is 1. The lowest BCUT2D eigenvalue weighted by Gasteiger charge is -2.09. The average Bonchev–Trinajstić information content (AvgIpc) is 2.70. The maximum Gasteiger partial charge on any atom is 0.0786 e. The van der Waals surface area contributed by atoms with E-state index < -0.39 is 6.10 Å². The standard InChI is InChI=1S/C7H11NO2/c8-5-7(1-2-7)3-6(10)4-9/h6,9-10H,1-4H2. The third-order valence-electron chi connectivity index (χ3n) is 1.93. The lowest BCUT2D eigenvalue weighted by atomic mass is 10.0. The van der Waals surface area contributed by atoms with Crippen LogP contribution in [-0.2, 0) is 0 Å². The van der Waals surface area contributed by atoms with Crippen molar-refractivity contribution in [2.45, 2.75) is 25.4 Å². The van der Waals surface area contributed by atoms with Crippen LogP contribution in [0.3, 0.4) is 0 Å². The Morgan fingerprint density at radius 1 is 1.60 bits per heavy atom. The van der Waals surface area contributed by atoms with Crippen molar-refractivity contribution in [3.63, 3.8) is 0 Å². The number of hydrogen-bond donors (Lipinski definition) is 2. The second-order valence-electron chi connectivity index (χ2n) is 2.93. The highest BCUT2D eigenvalue weighted by molar-refractivity contribution is 5.10. The van der Waals surface area contributed by atoms with Crippen molar-refractivity contribution in [2.24, 2.45) is 5.41 Å². The van der Waals surface area contributed by atoms with Gasteiger partial charge in [-0.2, -0.15) is 5.26 Å². The van der Waals surface area contributed by atoms with E-state index in [1.807, 2.05) is 0 Å². The highest BCUT2D eigenvalue weighted by Gasteiger charge is 2.44. The molecule has 0 amide bonds. The lowest BCUT2D eigenvalue weighted by Crippen LogP contribution is -2.16. The van der Waals surface area contributed by atoms with Gasteiger partial charge in [-0.1, -0.05) is 0 Å². The summed E-state index contributed by atoms with van der Waals surface area (Å²) in [5.41, 5.74) is -0.290. The zero-order valence-electron chi connectivity index (χ0n) is 5.75. The topological polar surface area (TPSA) is 64.2 Å². The number of hydrogen-bond acceptors (Lipinski definition) is 3. The minimum atomic E-state index is -0.706. The summed E-state index contributed by atoms with van der Waals surface area (Å²) in [5.74, 6) is 0. The number of nitriles is 1. The first-order valence-corrected chi connectivity index (χ1v) is 3.43. The first-order valence-electron chi connectivity index (χ1n) is 3.43. The van der Waals surface area contributed by atoms with E-state index in [4.69, 9.17) is 15.5 Å². The normalized spacial score (nSPS) is 23.3. The molecule has 1 unspecified atom stereocenters. The van der Waals surface area contributed by atoms with Crippen LogP contribution in [-0.4, -0.2) is 22.9 Å². The van der Waals surface area contributed by atoms with Crippen molar-refractivity contribution >= 4 is 0 Å². The van der Waals surface area contributed by atoms with Gasteiger partial charge in [-0.25, -0.2) is 0 Å². The fourth-order valence-corrected chi connectivity index (χ4v) is 1.03. The maximum absolute atomic E-state index is 8.96. The predicted octanol–water partition coefficient (Wildman–Crippen LogP) is 0.0335. The average molecular weight is 141 g/mol. The zero-order valence-corrected chi connectivity index (χ0v) is 5.75. The smallest absolute Gasteiger partial charge is 0.0786 e. The van der Waals surface area contributed by atoms with Crippen LogP contribution < -0.4 is 0 Å². The molecule has 0 aromatic heterocycles. The van der Waals surface area contributed by atoms with Crippen molar-refractivity contribution in [3.8, 4) is 6.07 Å². The van der Waals surface area contributed by atoms with Crippen LogP contribution in [0.5, 0.6) is 0 Å². The van der Waals surface area contributed by atoms with Gasteiger partial charge in [-0.15, -0.1) is 0 Å². The summed E-state index contributed by atoms with van der Waals surface area (Å²) in [6.45, 7) is -0.233. The predicted molar refractivity (Wildman–Crippen MR) is 35.0 cm³/mol. The van der Waals surface area contributed by atoms with Gasteiger partial charge < -0.3 is 10.2 Å². The van der Waals surface area contributed by atoms with Crippen LogP contribution in [0, 0.1) is 16.7 Å². The minimum absolute atomic E-state index is 0.233. The number of rotatable bonds is 3. The van der Waals surface area contributed by atoms with Crippen molar-refractivity contribution < 1.29 is 10.2 Å². The number of aliphatic hydroxyl groups is 2. The summed E-state index contributed by atoms with van der Waals surface area (Å²) >= 11 is 0. The molecule has 10 heavy (non-hydrogen) atoms. The summed E-state index contributed by atoms with van der Waals surface area (Å²) in [5, 5.41) is 26.0. The van der Waals surface area contributed by atoms with Crippen LogP contribution in [0.25, 0.3) is 0 Å². The Hall–Kier alpha value is -0.590. The first kappa shape index (κ1) is 7.52. The van der Waals surface area contributed by atoms with Crippen LogP contribution in [0.2, 0.25) is 0 Å². The summed E-state index contributed by atoms with van der Waals surface area (Å²) in [7, 11) is 0. The third-order valence-corrected chi connectivity index (χ3v) is 1.93. The van der Waals surface area contributed by atoms with Crippen molar-refractivity contribution in [2.75, 3.05) is 6.61 Å². The molecular formula is C7H11NO2. The molecule has 1 fully saturated rings. The van der Waals surface area contributed by atoms with Gasteiger partial charge in [0.15, 0.2) is 0 Å². The highest BCUT2D eigenvalue weighted by atomic mass is 16.3. The molecule has 0 aromatic rings. The molecule has 1 atom stereocenters. The molecule has 0 bridgehead atoms. The molecule has 56 valence electrons. The van der Waals surface area contributed by atoms with E-state index in [2.05, 4.69) is 6.07 Å². The number of aliphatic hydroxyl groups excluding tert-OH is 2. The Labute approximate surface area is 59.9 Å². The van der Waals surface area contributed by atoms with E-state index in [-0.39, 0.29) is 12.0 Å². The van der Waals surface area contributed by atoms with Crippen LogP contribution in [0.1, 0.15) is 19.3 Å². The van der Waals surface area contributed by atoms with E-state index >= 15 is 0 Å². The van der Waals surface area contributed by atoms with Gasteiger partial charge in [-0.05, 0) is 19.3 Å². The SMILES string of the molecule is N#CC1(CC(O)CO)CC1. The van der Waals surface area contributed by atoms with Gasteiger partial charge in [0, 0.05) is 0 Å². The Balaban J connectivity index is 2.32. The molecule has 0 spiro atoms. The Kier molecular flexibility index (Phi) is 1.93. The molecule has 1 aliphatic carbocycles. The largest absolute Gasteiger partial charge is 0.394 e. The fraction of sp³-hybridized carbons (Fsp3) is 0.857. The molecule has 0 aromatic carbocycles. The second-order valence-corrected chi connectivity index (χ2v) is 2.93. The Bertz CT molecular complexity index is 157. The van der Waals surface area contributed by atoms with Crippen LogP contribution >= 0.6 is 0 Å². The molecular weight excluding hydrogens is 130 g/mol. The summed E-state index contributed by atoms with van der Waals surface area (Å²) < 4.78 is 0. The monoisotopic (exact) mass is 141 g/mol. The quantitative estimate of drug-likeness (QED) is 0.583. The summed E-state index contributed by atoms with van der Waals surface area (Å²) in [6, 6.07) is 2.15. The lowest BCUT2D eigenvalue weighted by molar-refractivity contribution is 0.0772. The molecule has 1 aliphatic rings. The minimum Gasteiger partial charge on any atom is -0.394 e. The Morgan fingerprint density at radius 2 is 2.20 bits per heavy atom. The summed E-state index contributed by atoms with van der Waals surface area (Å²) in [4.78, 5) is 0. The van der Waals surface area contributed by atoms with Crippen molar-refractivity contribution in [1.29, 1.82) is 5.26 Å². The second kappa shape index (κ2) is 2.57. The molecule has 0 radical (unpaired) electrons. The fourth-order valence-electron chi connectivity index (χ4n) is 1.03. The first-order chi connectivity index (χ1) is 4.72. The van der Waals surface area contributed by atoms with Gasteiger partial charge in [-0.3, -0.25) is 0 Å². The van der Waals surface area contributed by atoms with Crippen LogP contribution in [0.4, 0.5) is 0 Å². The van der Waals surface area contributed by atoms with Gasteiger partial charge in [0.25, 0.3) is 0 Å².